The number of aliphatic imine (C=N–C) groups is 1. The third-order valence-electron chi connectivity index (χ3n) is 6.43. The lowest BCUT2D eigenvalue weighted by molar-refractivity contribution is -0.124. The minimum absolute atomic E-state index is 0.0358. The highest BCUT2D eigenvalue weighted by molar-refractivity contribution is 5.98. The largest absolute Gasteiger partial charge is 0.351 e. The number of nitrogens with one attached hydrogen (secondary N) is 4. The highest BCUT2D eigenvalue weighted by Crippen LogP contribution is 2.31. The minimum Gasteiger partial charge on any atom is -0.351 e. The van der Waals surface area contributed by atoms with E-state index in [1.165, 1.54) is 0 Å². The number of nitriles is 1. The van der Waals surface area contributed by atoms with Gasteiger partial charge in [0.1, 0.15) is 12.3 Å². The average Bonchev–Trinajstić information content (AvgIpc) is 3.15. The Morgan fingerprint density at radius 2 is 1.83 bits per heavy atom. The summed E-state index contributed by atoms with van der Waals surface area (Å²) in [5.41, 5.74) is 6.32. The number of hydrogen-bond donors (Lipinski definition) is 4. The molecule has 0 aromatic rings. The summed E-state index contributed by atoms with van der Waals surface area (Å²) in [6.45, 7) is 6.08. The molecule has 0 bridgehead atoms. The Morgan fingerprint density at radius 3 is 2.50 bits per heavy atom. The molecule has 168 valence electrons. The summed E-state index contributed by atoms with van der Waals surface area (Å²) >= 11 is 0. The van der Waals surface area contributed by atoms with Gasteiger partial charge in [-0.05, 0) is 71.6 Å². The molecule has 3 fully saturated rings. The highest BCUT2D eigenvalue weighted by atomic mass is 19.1. The van der Waals surface area contributed by atoms with Gasteiger partial charge in [-0.2, -0.15) is 5.26 Å². The maximum Gasteiger partial charge on any atom is 0.229 e. The van der Waals surface area contributed by atoms with E-state index in [0.717, 1.165) is 38.5 Å². The lowest BCUT2D eigenvalue weighted by Crippen LogP contribution is -2.52. The van der Waals surface area contributed by atoms with E-state index in [0.29, 0.717) is 31.1 Å². The zero-order chi connectivity index (χ0) is 21.7. The van der Waals surface area contributed by atoms with Crippen LogP contribution in [0.1, 0.15) is 78.6 Å². The molecule has 1 heterocycles. The van der Waals surface area contributed by atoms with Crippen molar-refractivity contribution in [1.82, 2.24) is 21.5 Å². The van der Waals surface area contributed by atoms with Gasteiger partial charge < -0.3 is 5.32 Å². The van der Waals surface area contributed by atoms with Gasteiger partial charge in [0.05, 0.1) is 6.07 Å². The Balaban J connectivity index is 1.61. The predicted octanol–water partition coefficient (Wildman–Crippen LogP) is 2.90. The molecule has 3 aliphatic rings. The molecular weight excluding hydrogens is 383 g/mol. The Morgan fingerprint density at radius 1 is 1.10 bits per heavy atom. The fourth-order valence-electron chi connectivity index (χ4n) is 4.81. The number of alkyl halides is 1. The summed E-state index contributed by atoms with van der Waals surface area (Å²) in [6.07, 6.45) is 6.34. The molecule has 0 aromatic heterocycles. The monoisotopic (exact) mass is 420 g/mol. The number of hydrogen-bond acceptors (Lipinski definition) is 5. The van der Waals surface area contributed by atoms with Gasteiger partial charge in [-0.1, -0.05) is 6.42 Å². The van der Waals surface area contributed by atoms with Crippen LogP contribution in [0.25, 0.3) is 0 Å². The van der Waals surface area contributed by atoms with Crippen molar-refractivity contribution in [1.29, 1.82) is 5.26 Å². The van der Waals surface area contributed by atoms with Gasteiger partial charge in [0.15, 0.2) is 5.96 Å². The number of rotatable bonds is 3. The summed E-state index contributed by atoms with van der Waals surface area (Å²) in [6, 6.07) is 2.58. The second-order valence-electron chi connectivity index (χ2n) is 10.2. The molecule has 2 aliphatic carbocycles. The van der Waals surface area contributed by atoms with Crippen molar-refractivity contribution in [3.8, 4) is 6.07 Å². The summed E-state index contributed by atoms with van der Waals surface area (Å²) in [5, 5.41) is 15.5. The zero-order valence-electron chi connectivity index (χ0n) is 18.5. The van der Waals surface area contributed by atoms with Crippen molar-refractivity contribution in [3.63, 3.8) is 0 Å². The van der Waals surface area contributed by atoms with Gasteiger partial charge in [-0.15, -0.1) is 0 Å². The first kappa shape index (κ1) is 23.0. The van der Waals surface area contributed by atoms with Crippen LogP contribution >= 0.6 is 0 Å². The molecular formula is C22H37FN6O. The zero-order valence-corrected chi connectivity index (χ0v) is 18.5. The van der Waals surface area contributed by atoms with E-state index in [-0.39, 0.29) is 35.5 Å². The van der Waals surface area contributed by atoms with E-state index < -0.39 is 6.17 Å². The molecule has 8 heteroatoms. The van der Waals surface area contributed by atoms with Crippen molar-refractivity contribution in [2.75, 3.05) is 0 Å². The predicted molar refractivity (Wildman–Crippen MR) is 115 cm³/mol. The minimum atomic E-state index is -0.650. The number of carbonyl (C=O) groups is 1. The van der Waals surface area contributed by atoms with Gasteiger partial charge in [-0.3, -0.25) is 15.5 Å². The van der Waals surface area contributed by atoms with Crippen molar-refractivity contribution in [3.05, 3.63) is 0 Å². The maximum atomic E-state index is 13.4. The van der Waals surface area contributed by atoms with Gasteiger partial charge >= 0.3 is 0 Å². The average molecular weight is 421 g/mol. The second kappa shape index (κ2) is 10.1. The molecule has 1 amide bonds. The van der Waals surface area contributed by atoms with Gasteiger partial charge in [0, 0.05) is 29.8 Å². The van der Waals surface area contributed by atoms with Crippen LogP contribution in [0.4, 0.5) is 4.39 Å². The molecule has 2 saturated carbocycles. The summed E-state index contributed by atoms with van der Waals surface area (Å²) in [4.78, 5) is 17.6. The smallest absolute Gasteiger partial charge is 0.229 e. The molecule has 7 nitrogen and oxygen atoms in total. The number of halogens is 1. The van der Waals surface area contributed by atoms with E-state index in [1.807, 2.05) is 20.8 Å². The lowest BCUT2D eigenvalue weighted by Gasteiger charge is -2.28. The van der Waals surface area contributed by atoms with Crippen LogP contribution in [-0.4, -0.2) is 35.8 Å². The van der Waals surface area contributed by atoms with Crippen LogP contribution in [0.5, 0.6) is 0 Å². The van der Waals surface area contributed by atoms with Gasteiger partial charge in [0.2, 0.25) is 5.91 Å². The van der Waals surface area contributed by atoms with Crippen LogP contribution in [0.3, 0.4) is 0 Å². The molecule has 1 saturated heterocycles. The first-order valence-electron chi connectivity index (χ1n) is 11.4. The number of carbonyl (C=O) groups excluding carboxylic acids is 1. The quantitative estimate of drug-likeness (QED) is 0.415. The fourth-order valence-corrected chi connectivity index (χ4v) is 4.81. The van der Waals surface area contributed by atoms with Crippen molar-refractivity contribution >= 4 is 11.9 Å². The van der Waals surface area contributed by atoms with Crippen LogP contribution in [0.2, 0.25) is 0 Å². The molecule has 0 radical (unpaired) electrons. The van der Waals surface area contributed by atoms with E-state index in [9.17, 15) is 14.4 Å². The first-order valence-corrected chi connectivity index (χ1v) is 11.4. The molecule has 30 heavy (non-hydrogen) atoms. The fraction of sp³-hybridized carbons (Fsp3) is 0.864. The SMILES string of the molecule is CC(C)(C)N/C(=N\C1CC(C2CCC(F)CC2)NN1)NC(=O)C1CCCC(C#N)C1. The Hall–Kier alpha value is -1.72. The van der Waals surface area contributed by atoms with E-state index in [2.05, 4.69) is 27.6 Å². The van der Waals surface area contributed by atoms with Crippen LogP contribution in [0.15, 0.2) is 4.99 Å². The molecule has 4 N–H and O–H groups in total. The van der Waals surface area contributed by atoms with Gasteiger partial charge in [-0.25, -0.2) is 14.8 Å². The molecule has 0 spiro atoms. The maximum absolute atomic E-state index is 13.4. The molecule has 4 unspecified atom stereocenters. The Labute approximate surface area is 179 Å². The molecule has 3 rings (SSSR count). The standard InChI is InChI=1S/C22H37FN6O/c1-22(2,3)27-21(26-20(30)16-6-4-5-14(11-16)13-24)25-19-12-18(28-29-19)15-7-9-17(23)10-8-15/h14-19,28-29H,4-12H2,1-3H3,(H2,25,26,27,30). The number of nitrogens with zero attached hydrogens (tertiary/aromatic N) is 2. The lowest BCUT2D eigenvalue weighted by atomic mass is 9.82. The normalized spacial score (nSPS) is 35.5. The highest BCUT2D eigenvalue weighted by Gasteiger charge is 2.34. The third kappa shape index (κ3) is 6.64. The topological polar surface area (TPSA) is 101 Å². The van der Waals surface area contributed by atoms with Gasteiger partial charge in [0.25, 0.3) is 0 Å². The van der Waals surface area contributed by atoms with E-state index >= 15 is 0 Å². The summed E-state index contributed by atoms with van der Waals surface area (Å²) in [7, 11) is 0. The van der Waals surface area contributed by atoms with Crippen LogP contribution < -0.4 is 21.5 Å². The number of amides is 1. The van der Waals surface area contributed by atoms with E-state index in [1.54, 1.807) is 0 Å². The Kier molecular flexibility index (Phi) is 7.70. The van der Waals surface area contributed by atoms with E-state index in [4.69, 9.17) is 4.99 Å². The summed E-state index contributed by atoms with van der Waals surface area (Å²) < 4.78 is 13.4. The summed E-state index contributed by atoms with van der Waals surface area (Å²) in [5.74, 6) is 0.691. The molecule has 1 aliphatic heterocycles. The Bertz CT molecular complexity index is 662. The van der Waals surface area contributed by atoms with Crippen LogP contribution in [-0.2, 0) is 4.79 Å². The molecule has 4 atom stereocenters. The van der Waals surface area contributed by atoms with Crippen LogP contribution in [0, 0.1) is 29.1 Å². The molecule has 0 aromatic carbocycles. The third-order valence-corrected chi connectivity index (χ3v) is 6.43. The first-order chi connectivity index (χ1) is 14.2. The van der Waals surface area contributed by atoms with Crippen molar-refractivity contribution in [2.45, 2.75) is 102 Å². The van der Waals surface area contributed by atoms with Crippen molar-refractivity contribution < 1.29 is 9.18 Å². The second-order valence-corrected chi connectivity index (χ2v) is 10.2. The number of hydrazine groups is 1. The number of guanidine groups is 1. The van der Waals surface area contributed by atoms with Crippen molar-refractivity contribution in [2.24, 2.45) is 22.7 Å².